The highest BCUT2D eigenvalue weighted by Gasteiger charge is 2.55. The highest BCUT2D eigenvalue weighted by atomic mass is 16.5. The summed E-state index contributed by atoms with van der Waals surface area (Å²) in [5.74, 6) is 0.460. The van der Waals surface area contributed by atoms with E-state index in [1.165, 1.54) is 4.90 Å². The van der Waals surface area contributed by atoms with Gasteiger partial charge in [0.05, 0.1) is 12.5 Å². The molecule has 1 heterocycles. The second kappa shape index (κ2) is 10.3. The van der Waals surface area contributed by atoms with Crippen molar-refractivity contribution in [2.45, 2.75) is 50.9 Å². The van der Waals surface area contributed by atoms with Gasteiger partial charge in [-0.25, -0.2) is 0 Å². The van der Waals surface area contributed by atoms with Crippen molar-refractivity contribution < 1.29 is 23.9 Å². The predicted molar refractivity (Wildman–Crippen MR) is 117 cm³/mol. The van der Waals surface area contributed by atoms with Gasteiger partial charge in [-0.15, -0.1) is 0 Å². The molecule has 3 amide bonds. The van der Waals surface area contributed by atoms with Gasteiger partial charge in [-0.1, -0.05) is 25.1 Å². The van der Waals surface area contributed by atoms with Crippen LogP contribution in [0, 0.1) is 5.92 Å². The molecule has 3 rings (SSSR count). The van der Waals surface area contributed by atoms with Crippen LogP contribution in [0.25, 0.3) is 0 Å². The first-order valence-electron chi connectivity index (χ1n) is 11.2. The zero-order valence-corrected chi connectivity index (χ0v) is 18.9. The second-order valence-corrected chi connectivity index (χ2v) is 8.62. The summed E-state index contributed by atoms with van der Waals surface area (Å²) in [7, 11) is 3.13. The lowest BCUT2D eigenvalue weighted by Gasteiger charge is -2.31. The molecule has 1 aromatic carbocycles. The van der Waals surface area contributed by atoms with Crippen LogP contribution in [0.4, 0.5) is 0 Å². The standard InChI is InChI=1S/C24H34N2O5/c1-4-12-25(17-18-10-11-18)21(27)15-24(19-8-5-6-9-20(19)31-3)16-22(28)26(23(24)29)13-7-14-30-2/h5-6,8-9,18H,4,7,10-17H2,1-3H3/t24-/m1/s1. The Kier molecular flexibility index (Phi) is 7.70. The molecule has 1 aromatic rings. The zero-order chi connectivity index (χ0) is 22.4. The second-order valence-electron chi connectivity index (χ2n) is 8.62. The number of carbonyl (C=O) groups excluding carboxylic acids is 3. The smallest absolute Gasteiger partial charge is 0.241 e. The van der Waals surface area contributed by atoms with Crippen molar-refractivity contribution in [3.8, 4) is 5.75 Å². The molecule has 0 N–H and O–H groups in total. The Labute approximate surface area is 184 Å². The van der Waals surface area contributed by atoms with Crippen molar-refractivity contribution in [2.75, 3.05) is 40.5 Å². The van der Waals surface area contributed by atoms with E-state index in [0.29, 0.717) is 36.8 Å². The molecule has 0 unspecified atom stereocenters. The number of carbonyl (C=O) groups is 3. The average molecular weight is 431 g/mol. The average Bonchev–Trinajstić information content (AvgIpc) is 3.55. The lowest BCUT2D eigenvalue weighted by molar-refractivity contribution is -0.143. The summed E-state index contributed by atoms with van der Waals surface area (Å²) in [4.78, 5) is 43.2. The van der Waals surface area contributed by atoms with E-state index in [4.69, 9.17) is 9.47 Å². The SMILES string of the molecule is CCCN(CC1CC1)C(=O)C[C@]1(c2ccccc2OC)CC(=O)N(CCCOC)C1=O. The summed E-state index contributed by atoms with van der Waals surface area (Å²) >= 11 is 0. The first-order chi connectivity index (χ1) is 15.0. The lowest BCUT2D eigenvalue weighted by atomic mass is 9.75. The van der Waals surface area contributed by atoms with Gasteiger partial charge in [0.25, 0.3) is 0 Å². The Morgan fingerprint density at radius 2 is 1.97 bits per heavy atom. The number of amides is 3. The minimum atomic E-state index is -1.23. The fourth-order valence-corrected chi connectivity index (χ4v) is 4.45. The van der Waals surface area contributed by atoms with Crippen molar-refractivity contribution in [3.63, 3.8) is 0 Å². The van der Waals surface area contributed by atoms with E-state index >= 15 is 0 Å². The number of benzene rings is 1. The van der Waals surface area contributed by atoms with Crippen molar-refractivity contribution in [1.29, 1.82) is 0 Å². The van der Waals surface area contributed by atoms with Crippen LogP contribution < -0.4 is 4.74 Å². The highest BCUT2D eigenvalue weighted by Crippen LogP contribution is 2.44. The van der Waals surface area contributed by atoms with E-state index in [9.17, 15) is 14.4 Å². The fraction of sp³-hybridized carbons (Fsp3) is 0.625. The van der Waals surface area contributed by atoms with Crippen LogP contribution in [-0.2, 0) is 24.5 Å². The number of nitrogens with zero attached hydrogens (tertiary/aromatic N) is 2. The number of imide groups is 1. The third kappa shape index (κ3) is 5.09. The number of para-hydroxylation sites is 1. The number of ether oxygens (including phenoxy) is 2. The molecular weight excluding hydrogens is 396 g/mol. The van der Waals surface area contributed by atoms with Gasteiger partial charge in [0.2, 0.25) is 17.7 Å². The molecule has 2 aliphatic rings. The van der Waals surface area contributed by atoms with Gasteiger partial charge in [-0.05, 0) is 37.7 Å². The number of hydrogen-bond acceptors (Lipinski definition) is 5. The van der Waals surface area contributed by atoms with Gasteiger partial charge in [0.1, 0.15) is 5.75 Å². The Hall–Kier alpha value is -2.41. The molecule has 7 heteroatoms. The molecule has 0 spiro atoms. The predicted octanol–water partition coefficient (Wildman–Crippen LogP) is 2.77. The Bertz CT molecular complexity index is 807. The van der Waals surface area contributed by atoms with E-state index in [1.54, 1.807) is 26.4 Å². The van der Waals surface area contributed by atoms with Gasteiger partial charge in [0, 0.05) is 51.8 Å². The molecule has 1 aliphatic carbocycles. The van der Waals surface area contributed by atoms with Crippen molar-refractivity contribution >= 4 is 17.7 Å². The Morgan fingerprint density at radius 3 is 2.61 bits per heavy atom. The van der Waals surface area contributed by atoms with Crippen LogP contribution in [0.3, 0.4) is 0 Å². The molecule has 1 saturated heterocycles. The summed E-state index contributed by atoms with van der Waals surface area (Å²) in [6, 6.07) is 7.23. The van der Waals surface area contributed by atoms with Crippen molar-refractivity contribution in [3.05, 3.63) is 29.8 Å². The number of likely N-dealkylation sites (tertiary alicyclic amines) is 1. The monoisotopic (exact) mass is 430 g/mol. The van der Waals surface area contributed by atoms with E-state index in [-0.39, 0.29) is 37.1 Å². The van der Waals surface area contributed by atoms with Crippen molar-refractivity contribution in [2.24, 2.45) is 5.92 Å². The molecule has 31 heavy (non-hydrogen) atoms. The summed E-state index contributed by atoms with van der Waals surface area (Å²) in [6.45, 7) is 4.19. The van der Waals surface area contributed by atoms with Crippen LogP contribution >= 0.6 is 0 Å². The molecule has 0 aromatic heterocycles. The normalized spacial score (nSPS) is 20.9. The van der Waals surface area contributed by atoms with Gasteiger partial charge in [-0.2, -0.15) is 0 Å². The van der Waals surface area contributed by atoms with Crippen LogP contribution in [0.5, 0.6) is 5.75 Å². The van der Waals surface area contributed by atoms with Crippen LogP contribution in [0.15, 0.2) is 24.3 Å². The maximum atomic E-state index is 13.7. The highest BCUT2D eigenvalue weighted by molar-refractivity contribution is 6.11. The largest absolute Gasteiger partial charge is 0.496 e. The third-order valence-electron chi connectivity index (χ3n) is 6.24. The first-order valence-corrected chi connectivity index (χ1v) is 11.2. The molecule has 7 nitrogen and oxygen atoms in total. The summed E-state index contributed by atoms with van der Waals surface area (Å²) in [6.07, 6.45) is 3.68. The molecule has 1 atom stereocenters. The Morgan fingerprint density at radius 1 is 1.23 bits per heavy atom. The van der Waals surface area contributed by atoms with Crippen LogP contribution in [0.1, 0.15) is 51.0 Å². The quantitative estimate of drug-likeness (QED) is 0.376. The van der Waals surface area contributed by atoms with Crippen LogP contribution in [-0.4, -0.2) is 68.0 Å². The molecule has 0 bridgehead atoms. The minimum Gasteiger partial charge on any atom is -0.496 e. The number of methoxy groups -OCH3 is 2. The van der Waals surface area contributed by atoms with E-state index < -0.39 is 5.41 Å². The lowest BCUT2D eigenvalue weighted by Crippen LogP contribution is -2.44. The number of hydrogen-bond donors (Lipinski definition) is 0. The third-order valence-corrected chi connectivity index (χ3v) is 6.24. The van der Waals surface area contributed by atoms with Gasteiger partial charge >= 0.3 is 0 Å². The van der Waals surface area contributed by atoms with Crippen molar-refractivity contribution in [1.82, 2.24) is 9.80 Å². The van der Waals surface area contributed by atoms with E-state index in [1.807, 2.05) is 24.0 Å². The molecule has 0 radical (unpaired) electrons. The topological polar surface area (TPSA) is 76.2 Å². The molecule has 1 saturated carbocycles. The van der Waals surface area contributed by atoms with E-state index in [0.717, 1.165) is 25.8 Å². The van der Waals surface area contributed by atoms with Crippen LogP contribution in [0.2, 0.25) is 0 Å². The molecule has 2 fully saturated rings. The zero-order valence-electron chi connectivity index (χ0n) is 18.9. The summed E-state index contributed by atoms with van der Waals surface area (Å²) < 4.78 is 10.6. The maximum absolute atomic E-state index is 13.7. The van der Waals surface area contributed by atoms with Gasteiger partial charge in [0.15, 0.2) is 0 Å². The molecular formula is C24H34N2O5. The van der Waals surface area contributed by atoms with E-state index in [2.05, 4.69) is 0 Å². The Balaban J connectivity index is 1.94. The summed E-state index contributed by atoms with van der Waals surface area (Å²) in [5.41, 5.74) is -0.620. The minimum absolute atomic E-state index is 0.0195. The van der Waals surface area contributed by atoms with Gasteiger partial charge < -0.3 is 14.4 Å². The molecule has 1 aliphatic heterocycles. The fourth-order valence-electron chi connectivity index (χ4n) is 4.45. The number of rotatable bonds is 12. The van der Waals surface area contributed by atoms with Gasteiger partial charge in [-0.3, -0.25) is 19.3 Å². The molecule has 170 valence electrons. The first kappa shape index (κ1) is 23.3. The maximum Gasteiger partial charge on any atom is 0.241 e. The summed E-state index contributed by atoms with van der Waals surface area (Å²) in [5, 5.41) is 0.